The number of carbonyl (C=O) groups excluding carboxylic acids is 1. The monoisotopic (exact) mass is 893 g/mol. The molecular formula is C46H54IrNO3S-. The number of nitrogens with zero attached hydrogens (tertiary/aromatic N) is 1. The minimum Gasteiger partial charge on any atom is -0.512 e. The average Bonchev–Trinajstić information content (AvgIpc) is 3.68. The number of thiophene rings is 1. The van der Waals surface area contributed by atoms with Gasteiger partial charge in [0.1, 0.15) is 11.3 Å². The van der Waals surface area contributed by atoms with Crippen LogP contribution in [-0.2, 0) is 30.3 Å². The molecule has 0 saturated heterocycles. The number of rotatable bonds is 9. The standard InChI is InChI=1S/C31H26NOS.C15H28O2.Ir/c1-18-17-33-26-11-10-21(15-24(18)26)30-19(2)28-27(34-30)12-13-32-29(28)22-14-20-8-6-7-9-23(20)25(16-22)31(3,4)5;1-7-14(5,8-2)12(16)11-13(17)15(6,9-3)10-4;/h6-13,15-17H,1-5H3;11,16H,7-10H2,1-6H3;/q-1;;/b;12-11-;. The summed E-state index contributed by atoms with van der Waals surface area (Å²) in [7, 11) is 0. The Bertz CT molecular complexity index is 2220. The molecule has 0 unspecified atom stereocenters. The summed E-state index contributed by atoms with van der Waals surface area (Å²) in [6, 6.07) is 23.1. The van der Waals surface area contributed by atoms with Gasteiger partial charge >= 0.3 is 0 Å². The van der Waals surface area contributed by atoms with Crippen molar-refractivity contribution in [2.45, 2.75) is 107 Å². The molecule has 6 heteroatoms. The van der Waals surface area contributed by atoms with Gasteiger partial charge in [-0.05, 0) is 91.3 Å². The van der Waals surface area contributed by atoms with Crippen LogP contribution in [-0.4, -0.2) is 15.9 Å². The van der Waals surface area contributed by atoms with Crippen LogP contribution in [0.3, 0.4) is 0 Å². The molecule has 0 spiro atoms. The first-order valence-corrected chi connectivity index (χ1v) is 19.2. The van der Waals surface area contributed by atoms with Gasteiger partial charge in [-0.1, -0.05) is 91.5 Å². The molecule has 3 heterocycles. The number of furan rings is 1. The van der Waals surface area contributed by atoms with Gasteiger partial charge in [-0.15, -0.1) is 40.5 Å². The Morgan fingerprint density at radius 2 is 1.54 bits per heavy atom. The van der Waals surface area contributed by atoms with Gasteiger partial charge in [0.05, 0.1) is 6.26 Å². The van der Waals surface area contributed by atoms with Gasteiger partial charge in [-0.25, -0.2) is 0 Å². The summed E-state index contributed by atoms with van der Waals surface area (Å²) >= 11 is 1.83. The summed E-state index contributed by atoms with van der Waals surface area (Å²) in [6.45, 7) is 23.2. The molecule has 0 fully saturated rings. The molecule has 1 radical (unpaired) electrons. The Morgan fingerprint density at radius 1 is 0.885 bits per heavy atom. The van der Waals surface area contributed by atoms with Gasteiger partial charge in [0.2, 0.25) is 0 Å². The normalized spacial score (nSPS) is 12.6. The number of hydrogen-bond donors (Lipinski definition) is 1. The summed E-state index contributed by atoms with van der Waals surface area (Å²) in [5.41, 5.74) is 7.39. The molecule has 0 aliphatic heterocycles. The molecule has 6 aromatic rings. The number of aromatic nitrogens is 1. The molecule has 277 valence electrons. The third-order valence-corrected chi connectivity index (χ3v) is 12.6. The Labute approximate surface area is 328 Å². The summed E-state index contributed by atoms with van der Waals surface area (Å²) in [4.78, 5) is 18.4. The molecule has 4 nitrogen and oxygen atoms in total. The Kier molecular flexibility index (Phi) is 12.8. The second-order valence-corrected chi connectivity index (χ2v) is 16.6. The van der Waals surface area contributed by atoms with Crippen molar-refractivity contribution in [3.05, 3.63) is 102 Å². The number of aliphatic hydroxyl groups is 1. The van der Waals surface area contributed by atoms with Gasteiger partial charge in [-0.3, -0.25) is 9.78 Å². The van der Waals surface area contributed by atoms with Gasteiger partial charge in [0, 0.05) is 63.9 Å². The topological polar surface area (TPSA) is 63.3 Å². The van der Waals surface area contributed by atoms with E-state index in [1.165, 1.54) is 54.1 Å². The molecule has 0 aliphatic carbocycles. The number of pyridine rings is 1. The summed E-state index contributed by atoms with van der Waals surface area (Å²) in [5.74, 6) is 0.286. The number of allylic oxidation sites excluding steroid dienone is 2. The number of aliphatic hydroxyl groups excluding tert-OH is 1. The van der Waals surface area contributed by atoms with Crippen molar-refractivity contribution >= 4 is 48.9 Å². The molecule has 3 aromatic carbocycles. The predicted octanol–water partition coefficient (Wildman–Crippen LogP) is 13.9. The van der Waals surface area contributed by atoms with E-state index in [-0.39, 0.29) is 47.9 Å². The van der Waals surface area contributed by atoms with Crippen LogP contribution < -0.4 is 0 Å². The van der Waals surface area contributed by atoms with Crippen molar-refractivity contribution in [2.24, 2.45) is 10.8 Å². The number of carbonyl (C=O) groups is 1. The third-order valence-electron chi connectivity index (χ3n) is 11.3. The molecule has 0 amide bonds. The molecule has 52 heavy (non-hydrogen) atoms. The van der Waals surface area contributed by atoms with E-state index in [1.807, 2.05) is 65.3 Å². The predicted molar refractivity (Wildman–Crippen MR) is 218 cm³/mol. The zero-order valence-corrected chi connectivity index (χ0v) is 35.9. The average molecular weight is 893 g/mol. The fourth-order valence-corrected chi connectivity index (χ4v) is 7.83. The van der Waals surface area contributed by atoms with E-state index in [4.69, 9.17) is 9.40 Å². The Morgan fingerprint density at radius 3 is 2.17 bits per heavy atom. The number of hydrogen-bond acceptors (Lipinski definition) is 5. The minimum absolute atomic E-state index is 0. The fourth-order valence-electron chi connectivity index (χ4n) is 6.63. The fraction of sp³-hybridized carbons (Fsp3) is 0.391. The van der Waals surface area contributed by atoms with Crippen molar-refractivity contribution in [3.8, 4) is 21.7 Å². The van der Waals surface area contributed by atoms with Crippen LogP contribution in [0.5, 0.6) is 0 Å². The first kappa shape index (κ1) is 41.2. The van der Waals surface area contributed by atoms with E-state index in [0.29, 0.717) is 0 Å². The molecule has 0 saturated carbocycles. The quantitative estimate of drug-likeness (QED) is 0.0892. The van der Waals surface area contributed by atoms with Crippen molar-refractivity contribution in [1.29, 1.82) is 0 Å². The maximum atomic E-state index is 12.2. The van der Waals surface area contributed by atoms with Crippen LogP contribution in [0.2, 0.25) is 0 Å². The zero-order chi connectivity index (χ0) is 37.3. The first-order valence-electron chi connectivity index (χ1n) is 18.4. The molecule has 3 aromatic heterocycles. The molecule has 6 rings (SSSR count). The van der Waals surface area contributed by atoms with Crippen LogP contribution in [0.15, 0.2) is 83.3 Å². The zero-order valence-electron chi connectivity index (χ0n) is 32.7. The number of ketones is 1. The first-order chi connectivity index (χ1) is 24.1. The maximum Gasteiger partial charge on any atom is 0.164 e. The van der Waals surface area contributed by atoms with Crippen LogP contribution >= 0.6 is 11.3 Å². The van der Waals surface area contributed by atoms with Gasteiger partial charge < -0.3 is 9.52 Å². The number of benzene rings is 3. The van der Waals surface area contributed by atoms with Gasteiger partial charge in [0.25, 0.3) is 0 Å². The summed E-state index contributed by atoms with van der Waals surface area (Å²) in [5, 5.41) is 14.9. The summed E-state index contributed by atoms with van der Waals surface area (Å²) < 4.78 is 6.92. The molecule has 0 atom stereocenters. The van der Waals surface area contributed by atoms with E-state index in [1.54, 1.807) is 0 Å². The second kappa shape index (κ2) is 16.2. The Hall–Kier alpha value is -3.57. The van der Waals surface area contributed by atoms with Crippen molar-refractivity contribution < 1.29 is 34.4 Å². The van der Waals surface area contributed by atoms with E-state index >= 15 is 0 Å². The minimum atomic E-state index is -0.337. The summed E-state index contributed by atoms with van der Waals surface area (Å²) in [6.07, 6.45) is 8.52. The van der Waals surface area contributed by atoms with Gasteiger partial charge in [0.15, 0.2) is 5.78 Å². The van der Waals surface area contributed by atoms with E-state index < -0.39 is 0 Å². The van der Waals surface area contributed by atoms with Crippen molar-refractivity contribution in [2.75, 3.05) is 0 Å². The van der Waals surface area contributed by atoms with Crippen LogP contribution in [0.25, 0.3) is 53.5 Å². The number of aryl methyl sites for hydroxylation is 2. The largest absolute Gasteiger partial charge is 0.512 e. The van der Waals surface area contributed by atoms with E-state index in [9.17, 15) is 9.90 Å². The van der Waals surface area contributed by atoms with Crippen molar-refractivity contribution in [3.63, 3.8) is 0 Å². The molecule has 0 bridgehead atoms. The third kappa shape index (κ3) is 8.00. The SMILES string of the molecule is CCC(C)(CC)C(=O)/C=C(\O)C(C)(CC)CC.Cc1coc2ccc(-c3sc4ccnc(-c5[c-]c6ccccc6c(C(C)(C)C)c5)c4c3C)cc12.[Ir]. The molecule has 1 N–H and O–H groups in total. The van der Waals surface area contributed by atoms with Crippen LogP contribution in [0.1, 0.15) is 105 Å². The second-order valence-electron chi connectivity index (χ2n) is 15.5. The van der Waals surface area contributed by atoms with Crippen LogP contribution in [0, 0.1) is 30.7 Å². The molecular weight excluding hydrogens is 839 g/mol. The van der Waals surface area contributed by atoms with Crippen LogP contribution in [0.4, 0.5) is 0 Å². The van der Waals surface area contributed by atoms with Crippen molar-refractivity contribution in [1.82, 2.24) is 4.98 Å². The smallest absolute Gasteiger partial charge is 0.164 e. The molecule has 0 aliphatic rings. The Balaban J connectivity index is 0.000000289. The van der Waals surface area contributed by atoms with E-state index in [2.05, 4.69) is 95.3 Å². The maximum absolute atomic E-state index is 12.2. The number of fused-ring (bicyclic) bond motifs is 3. The van der Waals surface area contributed by atoms with E-state index in [0.717, 1.165) is 47.9 Å². The van der Waals surface area contributed by atoms with Gasteiger partial charge in [-0.2, -0.15) is 0 Å².